The summed E-state index contributed by atoms with van der Waals surface area (Å²) >= 11 is 0. The first kappa shape index (κ1) is 26.1. The lowest BCUT2D eigenvalue weighted by molar-refractivity contribution is -0.0999. The lowest BCUT2D eigenvalue weighted by Crippen LogP contribution is -2.37. The van der Waals surface area contributed by atoms with E-state index in [9.17, 15) is 0 Å². The van der Waals surface area contributed by atoms with Crippen LogP contribution in [-0.4, -0.2) is 12.2 Å². The Labute approximate surface area is 214 Å². The van der Waals surface area contributed by atoms with Crippen LogP contribution in [0.3, 0.4) is 0 Å². The van der Waals surface area contributed by atoms with Crippen molar-refractivity contribution in [2.45, 2.75) is 115 Å². The largest absolute Gasteiger partial charge is 0.399 e. The maximum Gasteiger partial charge on any atom is 0.0607 e. The molecule has 2 aromatic rings. The second kappa shape index (κ2) is 12.8. The monoisotopic (exact) mass is 476 g/mol. The van der Waals surface area contributed by atoms with Gasteiger partial charge >= 0.3 is 0 Å². The summed E-state index contributed by atoms with van der Waals surface area (Å²) in [4.78, 5) is 0. The molecule has 6 atom stereocenters. The Morgan fingerprint density at radius 3 is 1.37 bits per heavy atom. The molecular formula is C32H48N2O. The van der Waals surface area contributed by atoms with Gasteiger partial charge in [0.25, 0.3) is 0 Å². The van der Waals surface area contributed by atoms with Crippen molar-refractivity contribution in [1.29, 1.82) is 0 Å². The molecule has 2 aliphatic rings. The van der Waals surface area contributed by atoms with Gasteiger partial charge in [-0.25, -0.2) is 0 Å². The number of nitrogen functional groups attached to an aromatic ring is 2. The fourth-order valence-electron chi connectivity index (χ4n) is 6.81. The molecular weight excluding hydrogens is 428 g/mol. The summed E-state index contributed by atoms with van der Waals surface area (Å²) in [5, 5.41) is 0. The molecule has 4 unspecified atom stereocenters. The fraction of sp³-hybridized carbons (Fsp3) is 0.625. The summed E-state index contributed by atoms with van der Waals surface area (Å²) in [5.74, 6) is 2.55. The van der Waals surface area contributed by atoms with E-state index in [1.807, 2.05) is 0 Å². The maximum absolute atomic E-state index is 7.12. The highest BCUT2D eigenvalue weighted by Gasteiger charge is 2.35. The Bertz CT molecular complexity index is 804. The van der Waals surface area contributed by atoms with Gasteiger partial charge in [0.15, 0.2) is 0 Å². The van der Waals surface area contributed by atoms with Gasteiger partial charge in [-0.15, -0.1) is 0 Å². The number of nitrogens with two attached hydrogens (primary N) is 2. The molecule has 0 bridgehead atoms. The van der Waals surface area contributed by atoms with E-state index in [0.717, 1.165) is 11.4 Å². The number of hydrogen-bond acceptors (Lipinski definition) is 3. The molecule has 0 aromatic heterocycles. The highest BCUT2D eigenvalue weighted by atomic mass is 16.5. The normalized spacial score (nSPS) is 26.8. The first-order chi connectivity index (χ1) is 17.1. The number of hydrogen-bond donors (Lipinski definition) is 2. The van der Waals surface area contributed by atoms with Crippen molar-refractivity contribution in [2.75, 3.05) is 11.5 Å². The molecule has 2 saturated carbocycles. The molecule has 192 valence electrons. The van der Waals surface area contributed by atoms with E-state index in [-0.39, 0.29) is 0 Å². The highest BCUT2D eigenvalue weighted by molar-refractivity contribution is 5.41. The Balaban J connectivity index is 1.42. The van der Waals surface area contributed by atoms with Gasteiger partial charge in [-0.1, -0.05) is 63.8 Å². The van der Waals surface area contributed by atoms with Gasteiger partial charge in [-0.05, 0) is 110 Å². The zero-order valence-corrected chi connectivity index (χ0v) is 22.1. The van der Waals surface area contributed by atoms with Crippen molar-refractivity contribution in [3.63, 3.8) is 0 Å². The van der Waals surface area contributed by atoms with Crippen LogP contribution in [-0.2, 0) is 4.74 Å². The van der Waals surface area contributed by atoms with Crippen molar-refractivity contribution >= 4 is 11.4 Å². The van der Waals surface area contributed by atoms with Crippen molar-refractivity contribution in [3.05, 3.63) is 59.7 Å². The zero-order valence-electron chi connectivity index (χ0n) is 22.1. The van der Waals surface area contributed by atoms with Crippen LogP contribution in [0.1, 0.15) is 114 Å². The van der Waals surface area contributed by atoms with Gasteiger partial charge in [0.05, 0.1) is 12.2 Å². The van der Waals surface area contributed by atoms with E-state index in [2.05, 4.69) is 62.4 Å². The minimum Gasteiger partial charge on any atom is -0.399 e. The molecule has 3 nitrogen and oxygen atoms in total. The van der Waals surface area contributed by atoms with Crippen molar-refractivity contribution in [2.24, 2.45) is 11.8 Å². The van der Waals surface area contributed by atoms with Gasteiger partial charge in [-0.3, -0.25) is 0 Å². The molecule has 2 aromatic carbocycles. The molecule has 2 aliphatic carbocycles. The van der Waals surface area contributed by atoms with Gasteiger partial charge in [0, 0.05) is 11.4 Å². The third kappa shape index (κ3) is 7.03. The summed E-state index contributed by atoms with van der Waals surface area (Å²) in [6.07, 6.45) is 16.1. The van der Waals surface area contributed by atoms with Gasteiger partial charge in [-0.2, -0.15) is 0 Å². The Kier molecular flexibility index (Phi) is 9.54. The van der Waals surface area contributed by atoms with Crippen LogP contribution < -0.4 is 11.5 Å². The summed E-state index contributed by atoms with van der Waals surface area (Å²) in [6.45, 7) is 4.66. The SMILES string of the molecule is CC[C@@H](CC1CCCCC1OC1CCCCC1C[C@H](CC)c1ccc(N)cc1)c1ccc(N)cc1. The number of anilines is 2. The van der Waals surface area contributed by atoms with Crippen molar-refractivity contribution < 1.29 is 4.74 Å². The lowest BCUT2D eigenvalue weighted by Gasteiger charge is -2.41. The summed E-state index contributed by atoms with van der Waals surface area (Å²) in [6, 6.07) is 17.2. The lowest BCUT2D eigenvalue weighted by atomic mass is 9.76. The first-order valence-electron chi connectivity index (χ1n) is 14.4. The number of ether oxygens (including phenoxy) is 1. The maximum atomic E-state index is 7.12. The van der Waals surface area contributed by atoms with E-state index in [1.54, 1.807) is 0 Å². The van der Waals surface area contributed by atoms with Crippen LogP contribution in [0.2, 0.25) is 0 Å². The molecule has 0 amide bonds. The summed E-state index contributed by atoms with van der Waals surface area (Å²) in [7, 11) is 0. The average Bonchev–Trinajstić information content (AvgIpc) is 2.89. The molecule has 0 spiro atoms. The second-order valence-corrected chi connectivity index (χ2v) is 11.3. The Morgan fingerprint density at radius 1 is 0.629 bits per heavy atom. The molecule has 35 heavy (non-hydrogen) atoms. The van der Waals surface area contributed by atoms with E-state index in [1.165, 1.54) is 88.2 Å². The van der Waals surface area contributed by atoms with Crippen LogP contribution in [0.4, 0.5) is 11.4 Å². The third-order valence-electron chi connectivity index (χ3n) is 9.00. The van der Waals surface area contributed by atoms with Crippen LogP contribution in [0.25, 0.3) is 0 Å². The molecule has 0 aliphatic heterocycles. The standard InChI is InChI=1S/C32H48N2O/c1-3-23(25-13-17-29(33)18-14-25)21-27-9-5-7-11-31(27)35-32-12-8-6-10-28(32)22-24(4-2)26-15-19-30(34)20-16-26/h13-20,23-24,27-28,31-32H,3-12,21-22,33-34H2,1-2H3/t23-,24-,27?,28?,31?,32?/m0/s1. The third-order valence-corrected chi connectivity index (χ3v) is 9.00. The Morgan fingerprint density at radius 2 is 1.00 bits per heavy atom. The second-order valence-electron chi connectivity index (χ2n) is 11.3. The fourth-order valence-corrected chi connectivity index (χ4v) is 6.81. The molecule has 2 fully saturated rings. The van der Waals surface area contributed by atoms with Crippen LogP contribution >= 0.6 is 0 Å². The van der Waals surface area contributed by atoms with Crippen molar-refractivity contribution in [1.82, 2.24) is 0 Å². The molecule has 0 radical (unpaired) electrons. The van der Waals surface area contributed by atoms with Crippen LogP contribution in [0.15, 0.2) is 48.5 Å². The topological polar surface area (TPSA) is 61.3 Å². The van der Waals surface area contributed by atoms with Crippen molar-refractivity contribution in [3.8, 4) is 0 Å². The quantitative estimate of drug-likeness (QED) is 0.338. The van der Waals surface area contributed by atoms with E-state index in [0.29, 0.717) is 35.9 Å². The van der Waals surface area contributed by atoms with Gasteiger partial charge < -0.3 is 16.2 Å². The molecule has 0 heterocycles. The van der Waals surface area contributed by atoms with E-state index >= 15 is 0 Å². The predicted molar refractivity (Wildman–Crippen MR) is 150 cm³/mol. The minimum absolute atomic E-state index is 0.425. The first-order valence-corrected chi connectivity index (χ1v) is 14.4. The smallest absolute Gasteiger partial charge is 0.0607 e. The van der Waals surface area contributed by atoms with Gasteiger partial charge in [0.1, 0.15) is 0 Å². The number of rotatable bonds is 10. The summed E-state index contributed by atoms with van der Waals surface area (Å²) < 4.78 is 7.12. The Hall–Kier alpha value is -2.00. The van der Waals surface area contributed by atoms with Crippen LogP contribution in [0.5, 0.6) is 0 Å². The highest BCUT2D eigenvalue weighted by Crippen LogP contribution is 2.41. The zero-order chi connectivity index (χ0) is 24.6. The number of benzene rings is 2. The summed E-state index contributed by atoms with van der Waals surface area (Å²) in [5.41, 5.74) is 16.5. The molecule has 4 N–H and O–H groups in total. The molecule has 4 rings (SSSR count). The van der Waals surface area contributed by atoms with E-state index < -0.39 is 0 Å². The molecule has 0 saturated heterocycles. The average molecular weight is 477 g/mol. The molecule has 3 heteroatoms. The van der Waals surface area contributed by atoms with Gasteiger partial charge in [0.2, 0.25) is 0 Å². The predicted octanol–water partition coefficient (Wildman–Crippen LogP) is 8.45. The van der Waals surface area contributed by atoms with Crippen LogP contribution in [0, 0.1) is 11.8 Å². The van der Waals surface area contributed by atoms with E-state index in [4.69, 9.17) is 16.2 Å². The minimum atomic E-state index is 0.425.